The molecule has 2 rings (SSSR count). The Labute approximate surface area is 142 Å². The van der Waals surface area contributed by atoms with Crippen LogP contribution in [0.1, 0.15) is 18.9 Å². The van der Waals surface area contributed by atoms with E-state index in [1.165, 1.54) is 6.07 Å². The molecule has 1 fully saturated rings. The summed E-state index contributed by atoms with van der Waals surface area (Å²) in [6.45, 7) is 6.06. The zero-order chi connectivity index (χ0) is 16.7. The highest BCUT2D eigenvalue weighted by molar-refractivity contribution is 6.31. The van der Waals surface area contributed by atoms with Crippen molar-refractivity contribution in [2.45, 2.75) is 19.8 Å². The van der Waals surface area contributed by atoms with Crippen molar-refractivity contribution in [2.75, 3.05) is 39.9 Å². The molecule has 0 amide bonds. The second-order valence-corrected chi connectivity index (χ2v) is 6.15. The van der Waals surface area contributed by atoms with Gasteiger partial charge in [0.15, 0.2) is 5.96 Å². The fourth-order valence-corrected chi connectivity index (χ4v) is 3.12. The number of methoxy groups -OCH3 is 1. The summed E-state index contributed by atoms with van der Waals surface area (Å²) in [5, 5.41) is 3.78. The summed E-state index contributed by atoms with van der Waals surface area (Å²) in [4.78, 5) is 6.88. The average molecular weight is 342 g/mol. The Balaban J connectivity index is 1.97. The maximum Gasteiger partial charge on any atom is 0.193 e. The number of ether oxygens (including phenoxy) is 1. The summed E-state index contributed by atoms with van der Waals surface area (Å²) in [5.41, 5.74) is 0.535. The minimum Gasteiger partial charge on any atom is -0.384 e. The van der Waals surface area contributed by atoms with E-state index in [9.17, 15) is 4.39 Å². The molecular formula is C17H25ClFN3O. The van der Waals surface area contributed by atoms with E-state index in [1.54, 1.807) is 19.2 Å². The SMILES string of the molecule is CCNC(=NCCc1c(F)cccc1Cl)N1CCC(COC)C1. The van der Waals surface area contributed by atoms with Crippen molar-refractivity contribution in [1.29, 1.82) is 0 Å². The van der Waals surface area contributed by atoms with Crippen molar-refractivity contribution < 1.29 is 9.13 Å². The predicted molar refractivity (Wildman–Crippen MR) is 92.6 cm³/mol. The summed E-state index contributed by atoms with van der Waals surface area (Å²) in [6.07, 6.45) is 1.60. The van der Waals surface area contributed by atoms with Gasteiger partial charge in [-0.2, -0.15) is 0 Å². The van der Waals surface area contributed by atoms with Crippen LogP contribution in [0.3, 0.4) is 0 Å². The number of hydrogen-bond acceptors (Lipinski definition) is 2. The third-order valence-corrected chi connectivity index (χ3v) is 4.36. The quantitative estimate of drug-likeness (QED) is 0.638. The molecule has 1 aromatic carbocycles. The van der Waals surface area contributed by atoms with E-state index in [4.69, 9.17) is 16.3 Å². The lowest BCUT2D eigenvalue weighted by Crippen LogP contribution is -2.40. The normalized spacial score (nSPS) is 18.5. The molecule has 6 heteroatoms. The molecule has 1 aromatic rings. The van der Waals surface area contributed by atoms with E-state index in [0.717, 1.165) is 38.6 Å². The Kier molecular flexibility index (Phi) is 7.12. The zero-order valence-electron chi connectivity index (χ0n) is 13.8. The van der Waals surface area contributed by atoms with E-state index in [1.807, 2.05) is 6.92 Å². The molecule has 1 aliphatic rings. The van der Waals surface area contributed by atoms with Gasteiger partial charge in [0.1, 0.15) is 5.82 Å². The van der Waals surface area contributed by atoms with Gasteiger partial charge in [-0.15, -0.1) is 0 Å². The van der Waals surface area contributed by atoms with Gasteiger partial charge in [-0.25, -0.2) is 4.39 Å². The first-order valence-electron chi connectivity index (χ1n) is 8.10. The molecule has 1 aliphatic heterocycles. The van der Waals surface area contributed by atoms with Crippen LogP contribution in [0, 0.1) is 11.7 Å². The van der Waals surface area contributed by atoms with E-state index >= 15 is 0 Å². The van der Waals surface area contributed by atoms with E-state index in [0.29, 0.717) is 29.5 Å². The van der Waals surface area contributed by atoms with Gasteiger partial charge in [0.2, 0.25) is 0 Å². The number of benzene rings is 1. The molecule has 0 spiro atoms. The van der Waals surface area contributed by atoms with Crippen LogP contribution >= 0.6 is 11.6 Å². The third kappa shape index (κ3) is 5.08. The maximum atomic E-state index is 13.8. The first-order valence-corrected chi connectivity index (χ1v) is 8.48. The Hall–Kier alpha value is -1.33. The molecule has 23 heavy (non-hydrogen) atoms. The number of likely N-dealkylation sites (tertiary alicyclic amines) is 1. The Morgan fingerprint density at radius 3 is 3.04 bits per heavy atom. The van der Waals surface area contributed by atoms with Crippen molar-refractivity contribution in [1.82, 2.24) is 10.2 Å². The molecule has 1 N–H and O–H groups in total. The second kappa shape index (κ2) is 9.08. The van der Waals surface area contributed by atoms with Crippen molar-refractivity contribution in [3.63, 3.8) is 0 Å². The lowest BCUT2D eigenvalue weighted by atomic mass is 10.1. The van der Waals surface area contributed by atoms with Crippen LogP contribution in [0.25, 0.3) is 0 Å². The van der Waals surface area contributed by atoms with Gasteiger partial charge in [0.25, 0.3) is 0 Å². The van der Waals surface area contributed by atoms with Gasteiger partial charge in [-0.05, 0) is 31.9 Å². The molecular weight excluding hydrogens is 317 g/mol. The standard InChI is InChI=1S/C17H25ClFN3O/c1-3-20-17(22-10-8-13(11-22)12-23-2)21-9-7-14-15(18)5-4-6-16(14)19/h4-6,13H,3,7-12H2,1-2H3,(H,20,21). The van der Waals surface area contributed by atoms with Crippen LogP contribution in [0.2, 0.25) is 5.02 Å². The van der Waals surface area contributed by atoms with Gasteiger partial charge in [-0.1, -0.05) is 17.7 Å². The number of guanidine groups is 1. The maximum absolute atomic E-state index is 13.8. The summed E-state index contributed by atoms with van der Waals surface area (Å²) >= 11 is 6.06. The van der Waals surface area contributed by atoms with Gasteiger partial charge in [0, 0.05) is 49.8 Å². The molecule has 1 atom stereocenters. The molecule has 1 heterocycles. The number of hydrogen-bond donors (Lipinski definition) is 1. The van der Waals surface area contributed by atoms with E-state index in [-0.39, 0.29) is 5.82 Å². The van der Waals surface area contributed by atoms with Crippen molar-refractivity contribution in [3.05, 3.63) is 34.6 Å². The Morgan fingerprint density at radius 1 is 1.52 bits per heavy atom. The monoisotopic (exact) mass is 341 g/mol. The fourth-order valence-electron chi connectivity index (χ4n) is 2.87. The number of rotatable bonds is 6. The van der Waals surface area contributed by atoms with Crippen LogP contribution in [-0.2, 0) is 11.2 Å². The topological polar surface area (TPSA) is 36.9 Å². The lowest BCUT2D eigenvalue weighted by Gasteiger charge is -2.21. The van der Waals surface area contributed by atoms with E-state index < -0.39 is 0 Å². The van der Waals surface area contributed by atoms with Gasteiger partial charge >= 0.3 is 0 Å². The largest absolute Gasteiger partial charge is 0.384 e. The van der Waals surface area contributed by atoms with Gasteiger partial charge in [0.05, 0.1) is 6.61 Å². The van der Waals surface area contributed by atoms with Crippen molar-refractivity contribution in [2.24, 2.45) is 10.9 Å². The highest BCUT2D eigenvalue weighted by Crippen LogP contribution is 2.20. The smallest absolute Gasteiger partial charge is 0.193 e. The number of nitrogens with one attached hydrogen (secondary N) is 1. The van der Waals surface area contributed by atoms with Crippen LogP contribution in [0.5, 0.6) is 0 Å². The Morgan fingerprint density at radius 2 is 2.35 bits per heavy atom. The fraction of sp³-hybridized carbons (Fsp3) is 0.588. The van der Waals surface area contributed by atoms with Gasteiger partial charge in [-0.3, -0.25) is 4.99 Å². The molecule has 4 nitrogen and oxygen atoms in total. The molecule has 0 aromatic heterocycles. The zero-order valence-corrected chi connectivity index (χ0v) is 14.6. The van der Waals surface area contributed by atoms with Crippen molar-refractivity contribution >= 4 is 17.6 Å². The minimum absolute atomic E-state index is 0.265. The summed E-state index contributed by atoms with van der Waals surface area (Å²) < 4.78 is 19.0. The highest BCUT2D eigenvalue weighted by atomic mass is 35.5. The van der Waals surface area contributed by atoms with Gasteiger partial charge < -0.3 is 15.0 Å². The third-order valence-electron chi connectivity index (χ3n) is 4.01. The van der Waals surface area contributed by atoms with Crippen LogP contribution in [-0.4, -0.2) is 50.8 Å². The summed E-state index contributed by atoms with van der Waals surface area (Å²) in [5.74, 6) is 1.17. The molecule has 0 aliphatic carbocycles. The van der Waals surface area contributed by atoms with Crippen LogP contribution < -0.4 is 5.32 Å². The molecule has 128 valence electrons. The second-order valence-electron chi connectivity index (χ2n) is 5.74. The molecule has 0 bridgehead atoms. The number of aliphatic imine (C=N–C) groups is 1. The lowest BCUT2D eigenvalue weighted by molar-refractivity contribution is 0.157. The molecule has 1 unspecified atom stereocenters. The minimum atomic E-state index is -0.265. The van der Waals surface area contributed by atoms with E-state index in [2.05, 4.69) is 15.2 Å². The predicted octanol–water partition coefficient (Wildman–Crippen LogP) is 2.96. The number of halogens is 2. The summed E-state index contributed by atoms with van der Waals surface area (Å²) in [6, 6.07) is 4.77. The first kappa shape index (κ1) is 18.0. The molecule has 0 saturated carbocycles. The average Bonchev–Trinajstić information content (AvgIpc) is 2.98. The summed E-state index contributed by atoms with van der Waals surface area (Å²) in [7, 11) is 1.74. The number of nitrogens with zero attached hydrogens (tertiary/aromatic N) is 2. The molecule has 1 saturated heterocycles. The molecule has 0 radical (unpaired) electrons. The van der Waals surface area contributed by atoms with Crippen LogP contribution in [0.15, 0.2) is 23.2 Å². The highest BCUT2D eigenvalue weighted by Gasteiger charge is 2.24. The van der Waals surface area contributed by atoms with Crippen molar-refractivity contribution in [3.8, 4) is 0 Å². The first-order chi connectivity index (χ1) is 11.2. The Bertz CT molecular complexity index is 518. The van der Waals surface area contributed by atoms with Crippen LogP contribution in [0.4, 0.5) is 4.39 Å².